The van der Waals surface area contributed by atoms with E-state index in [-0.39, 0.29) is 25.2 Å². The number of benzene rings is 2. The van der Waals surface area contributed by atoms with Gasteiger partial charge in [0, 0.05) is 12.0 Å². The van der Waals surface area contributed by atoms with Gasteiger partial charge in [-0.2, -0.15) is 0 Å². The van der Waals surface area contributed by atoms with Gasteiger partial charge in [-0.15, -0.1) is 0 Å². The van der Waals surface area contributed by atoms with Crippen molar-refractivity contribution in [3.8, 4) is 11.6 Å². The lowest BCUT2D eigenvalue weighted by Gasteiger charge is -2.35. The summed E-state index contributed by atoms with van der Waals surface area (Å²) in [6.45, 7) is 9.92. The van der Waals surface area contributed by atoms with Crippen molar-refractivity contribution in [2.75, 3.05) is 20.3 Å². The lowest BCUT2D eigenvalue weighted by molar-refractivity contribution is -0.157. The average Bonchev–Trinajstić information content (AvgIpc) is 3.73. The Morgan fingerprint density at radius 1 is 1.00 bits per heavy atom. The molecule has 2 fully saturated rings. The van der Waals surface area contributed by atoms with Gasteiger partial charge in [0.25, 0.3) is 0 Å². The number of nitrogens with zero attached hydrogens (tertiary/aromatic N) is 3. The molecule has 1 saturated carbocycles. The number of carbonyl (C=O) groups is 3. The Hall–Kier alpha value is -4.41. The summed E-state index contributed by atoms with van der Waals surface area (Å²) in [4.78, 5) is 53.8. The van der Waals surface area contributed by atoms with Crippen LogP contribution in [0.1, 0.15) is 78.0 Å². The highest BCUT2D eigenvalue weighted by Crippen LogP contribution is 2.39. The molecule has 11 nitrogen and oxygen atoms in total. The van der Waals surface area contributed by atoms with Crippen molar-refractivity contribution in [3.63, 3.8) is 0 Å². The number of aryl methyl sites for hydroxylation is 1. The number of fused-ring (bicyclic) bond motifs is 5. The minimum Gasteiger partial charge on any atom is -0.497 e. The van der Waals surface area contributed by atoms with Crippen LogP contribution in [0.25, 0.3) is 11.0 Å². The summed E-state index contributed by atoms with van der Waals surface area (Å²) in [6, 6.07) is 13.5. The molecule has 2 aromatic carbocycles. The van der Waals surface area contributed by atoms with Crippen LogP contribution in [0.3, 0.4) is 0 Å². The summed E-state index contributed by atoms with van der Waals surface area (Å²) in [5.41, 5.74) is 2.40. The molecule has 11 heteroatoms. The maximum atomic E-state index is 14.8. The fourth-order valence-electron chi connectivity index (χ4n) is 7.22. The number of rotatable bonds is 6. The van der Waals surface area contributed by atoms with Gasteiger partial charge >= 0.3 is 12.1 Å². The van der Waals surface area contributed by atoms with Crippen LogP contribution >= 0.6 is 0 Å². The molecule has 1 aliphatic carbocycles. The maximum Gasteiger partial charge on any atom is 0.408 e. The zero-order chi connectivity index (χ0) is 36.3. The maximum absolute atomic E-state index is 14.8. The molecule has 1 unspecified atom stereocenters. The van der Waals surface area contributed by atoms with Gasteiger partial charge in [-0.05, 0) is 67.1 Å². The van der Waals surface area contributed by atoms with Crippen molar-refractivity contribution in [3.05, 3.63) is 59.8 Å². The number of carbonyl (C=O) groups excluding carboxylic acids is 3. The van der Waals surface area contributed by atoms with E-state index in [1.54, 1.807) is 12.0 Å². The quantitative estimate of drug-likeness (QED) is 0.295. The molecule has 6 atom stereocenters. The van der Waals surface area contributed by atoms with E-state index in [0.29, 0.717) is 35.9 Å². The smallest absolute Gasteiger partial charge is 0.408 e. The highest BCUT2D eigenvalue weighted by atomic mass is 16.6. The Morgan fingerprint density at radius 2 is 1.78 bits per heavy atom. The third kappa shape index (κ3) is 8.73. The van der Waals surface area contributed by atoms with Crippen molar-refractivity contribution in [1.29, 1.82) is 0 Å². The first-order valence-electron chi connectivity index (χ1n) is 18.4. The first kappa shape index (κ1) is 36.4. The first-order valence-corrected chi connectivity index (χ1v) is 18.4. The third-order valence-corrected chi connectivity index (χ3v) is 10.1. The van der Waals surface area contributed by atoms with Crippen molar-refractivity contribution in [1.82, 2.24) is 20.2 Å². The van der Waals surface area contributed by atoms with Gasteiger partial charge in [0.05, 0.1) is 31.3 Å². The Kier molecular flexibility index (Phi) is 11.0. The third-order valence-electron chi connectivity index (χ3n) is 10.1. The molecular formula is C40H52N4O7. The fourth-order valence-corrected chi connectivity index (χ4v) is 7.22. The summed E-state index contributed by atoms with van der Waals surface area (Å²) >= 11 is 0. The Bertz CT molecular complexity index is 1710. The number of alkyl carbamates (subject to hydrolysis) is 1. The van der Waals surface area contributed by atoms with E-state index >= 15 is 0 Å². The molecule has 2 amide bonds. The fraction of sp³-hybridized carbons (Fsp3) is 0.575. The van der Waals surface area contributed by atoms with Crippen LogP contribution < -0.4 is 14.8 Å². The van der Waals surface area contributed by atoms with Gasteiger partial charge in [0.2, 0.25) is 11.8 Å². The number of hydrogen-bond acceptors (Lipinski definition) is 9. The molecule has 1 aromatic heterocycles. The topological polar surface area (TPSA) is 129 Å². The van der Waals surface area contributed by atoms with E-state index < -0.39 is 47.5 Å². The molecule has 3 aliphatic rings. The standard InChI is InChI=1S/C40H52N4O7/c1-24(2)23-49-38(46)34-28(19-25-13-9-7-10-14-25)33-22-44(34)37(45)35(40(3,4)5)43-39(47)51-32-20-26(32)15-11-8-12-16-30-36(50-33)42-31-21-27(48-6)17-18-29(31)41-30/h7,9-10,13-14,17-18,21,24,26,28,32-35H,8,11-12,15-16,19-20,22-23H2,1-6H3,(H,43,47)/t26-,28?,32-,33+,34+,35-/m1/s1. The average molecular weight is 701 g/mol. The predicted octanol–water partition coefficient (Wildman–Crippen LogP) is 6.30. The summed E-state index contributed by atoms with van der Waals surface area (Å²) in [5.74, 6) is 0.0689. The lowest BCUT2D eigenvalue weighted by Crippen LogP contribution is -2.57. The number of aromatic nitrogens is 2. The Morgan fingerprint density at radius 3 is 2.51 bits per heavy atom. The highest BCUT2D eigenvalue weighted by molar-refractivity contribution is 5.91. The minimum absolute atomic E-state index is 0.0864. The molecule has 0 spiro atoms. The van der Waals surface area contributed by atoms with Crippen LogP contribution in [-0.4, -0.2) is 77.4 Å². The van der Waals surface area contributed by atoms with Crippen LogP contribution in [0.15, 0.2) is 48.5 Å². The molecule has 3 aromatic rings. The van der Waals surface area contributed by atoms with Gasteiger partial charge in [-0.3, -0.25) is 4.79 Å². The van der Waals surface area contributed by atoms with Crippen molar-refractivity contribution < 1.29 is 33.3 Å². The molecule has 3 heterocycles. The summed E-state index contributed by atoms with van der Waals surface area (Å²) < 4.78 is 24.1. The lowest BCUT2D eigenvalue weighted by atomic mass is 9.85. The number of esters is 1. The van der Waals surface area contributed by atoms with Crippen molar-refractivity contribution in [2.24, 2.45) is 23.2 Å². The summed E-state index contributed by atoms with van der Waals surface area (Å²) in [5, 5.41) is 2.89. The van der Waals surface area contributed by atoms with E-state index in [2.05, 4.69) is 5.32 Å². The Labute approximate surface area is 300 Å². The molecule has 51 heavy (non-hydrogen) atoms. The molecular weight excluding hydrogens is 648 g/mol. The number of hydrogen-bond donors (Lipinski definition) is 1. The second-order valence-electron chi connectivity index (χ2n) is 15.8. The van der Waals surface area contributed by atoms with Crippen molar-refractivity contribution in [2.45, 2.75) is 104 Å². The highest BCUT2D eigenvalue weighted by Gasteiger charge is 2.53. The number of methoxy groups -OCH3 is 1. The zero-order valence-electron chi connectivity index (χ0n) is 30.7. The normalized spacial score (nSPS) is 25.8. The van der Waals surface area contributed by atoms with Crippen LogP contribution in [-0.2, 0) is 31.9 Å². The molecule has 0 radical (unpaired) electrons. The van der Waals surface area contributed by atoms with Gasteiger partial charge in [0.1, 0.15) is 35.7 Å². The molecule has 1 saturated heterocycles. The zero-order valence-corrected chi connectivity index (χ0v) is 30.7. The molecule has 2 bridgehead atoms. The van der Waals surface area contributed by atoms with Crippen molar-refractivity contribution >= 4 is 29.0 Å². The summed E-state index contributed by atoms with van der Waals surface area (Å²) in [6.07, 6.45) is 4.33. The van der Waals surface area contributed by atoms with E-state index in [4.69, 9.17) is 28.9 Å². The van der Waals surface area contributed by atoms with Gasteiger partial charge in [0.15, 0.2) is 0 Å². The van der Waals surface area contributed by atoms with E-state index in [9.17, 15) is 14.4 Å². The number of ether oxygens (including phenoxy) is 4. The molecule has 274 valence electrons. The molecule has 2 aliphatic heterocycles. The minimum atomic E-state index is -0.976. The van der Waals surface area contributed by atoms with E-state index in [0.717, 1.165) is 48.9 Å². The van der Waals surface area contributed by atoms with Gasteiger partial charge < -0.3 is 29.2 Å². The second-order valence-corrected chi connectivity index (χ2v) is 15.8. The van der Waals surface area contributed by atoms with Crippen LogP contribution in [0.5, 0.6) is 11.6 Å². The van der Waals surface area contributed by atoms with Crippen LogP contribution in [0.4, 0.5) is 4.79 Å². The second kappa shape index (κ2) is 15.5. The first-order chi connectivity index (χ1) is 24.4. The van der Waals surface area contributed by atoms with Gasteiger partial charge in [-0.1, -0.05) is 77.8 Å². The van der Waals surface area contributed by atoms with E-state index in [1.165, 1.54) is 0 Å². The largest absolute Gasteiger partial charge is 0.497 e. The Balaban J connectivity index is 1.45. The molecule has 1 N–H and O–H groups in total. The number of amides is 2. The monoisotopic (exact) mass is 700 g/mol. The molecule has 6 rings (SSSR count). The predicted molar refractivity (Wildman–Crippen MR) is 192 cm³/mol. The summed E-state index contributed by atoms with van der Waals surface area (Å²) in [7, 11) is 1.61. The van der Waals surface area contributed by atoms with Crippen LogP contribution in [0.2, 0.25) is 0 Å². The van der Waals surface area contributed by atoms with Crippen LogP contribution in [0, 0.1) is 23.2 Å². The van der Waals surface area contributed by atoms with Gasteiger partial charge in [-0.25, -0.2) is 19.6 Å². The van der Waals surface area contributed by atoms with E-state index in [1.807, 2.05) is 83.1 Å². The number of nitrogens with one attached hydrogen (secondary N) is 1. The SMILES string of the molecule is COc1ccc2nc3c(nc2c1)O[C@H]1CN(C(=O)[C@H](C(C)(C)C)NC(=O)O[C@@H]2C[C@H]2CCCCC3)[C@H](C(=O)OCC(C)C)C1Cc1ccccc1.